The number of hydrogen-bond acceptors (Lipinski definition) is 3. The maximum atomic E-state index is 12.5. The number of benzene rings is 1. The standard InChI is InChI=1S/C16H19N3O2/c1-17(2)11-7-8-12-15(20)18(3)13-9-5-6-10-14(13)19(4)16(12)21/h5-11H,1-4H3/b11-7+. The van der Waals surface area contributed by atoms with Crippen LogP contribution in [0.5, 0.6) is 0 Å². The Morgan fingerprint density at radius 1 is 0.952 bits per heavy atom. The number of likely N-dealkylation sites (N-methyl/N-ethyl adjacent to an activating group) is 2. The van der Waals surface area contributed by atoms with Crippen molar-refractivity contribution < 1.29 is 9.59 Å². The molecule has 110 valence electrons. The number of fused-ring (bicyclic) bond motifs is 1. The quantitative estimate of drug-likeness (QED) is 0.613. The van der Waals surface area contributed by atoms with E-state index in [-0.39, 0.29) is 17.4 Å². The summed E-state index contributed by atoms with van der Waals surface area (Å²) in [5.74, 6) is -0.611. The van der Waals surface area contributed by atoms with Crippen molar-refractivity contribution in [1.29, 1.82) is 0 Å². The molecule has 0 atom stereocenters. The van der Waals surface area contributed by atoms with Gasteiger partial charge in [0.05, 0.1) is 11.4 Å². The van der Waals surface area contributed by atoms with Crippen molar-refractivity contribution in [3.05, 3.63) is 48.2 Å². The maximum absolute atomic E-state index is 12.5. The van der Waals surface area contributed by atoms with Crippen LogP contribution in [0.25, 0.3) is 0 Å². The number of carbonyl (C=O) groups excluding carboxylic acids is 2. The number of carbonyl (C=O) groups is 2. The molecule has 2 rings (SSSR count). The second-order valence-corrected chi connectivity index (χ2v) is 5.10. The molecule has 1 aliphatic rings. The number of amides is 2. The highest BCUT2D eigenvalue weighted by atomic mass is 16.2. The van der Waals surface area contributed by atoms with E-state index in [2.05, 4.69) is 0 Å². The van der Waals surface area contributed by atoms with Crippen molar-refractivity contribution >= 4 is 23.2 Å². The van der Waals surface area contributed by atoms with Gasteiger partial charge in [-0.25, -0.2) is 0 Å². The Hall–Kier alpha value is -2.56. The van der Waals surface area contributed by atoms with Crippen LogP contribution < -0.4 is 9.80 Å². The first-order chi connectivity index (χ1) is 9.93. The number of anilines is 2. The first-order valence-electron chi connectivity index (χ1n) is 6.63. The van der Waals surface area contributed by atoms with Gasteiger partial charge in [-0.15, -0.1) is 0 Å². The summed E-state index contributed by atoms with van der Waals surface area (Å²) in [5, 5.41) is 0. The van der Waals surface area contributed by atoms with Crippen molar-refractivity contribution in [2.75, 3.05) is 38.0 Å². The number of rotatable bonds is 2. The highest BCUT2D eigenvalue weighted by Gasteiger charge is 2.31. The van der Waals surface area contributed by atoms with Crippen LogP contribution in [0.15, 0.2) is 48.2 Å². The van der Waals surface area contributed by atoms with Gasteiger partial charge in [0.2, 0.25) is 0 Å². The second kappa shape index (κ2) is 5.83. The van der Waals surface area contributed by atoms with E-state index < -0.39 is 0 Å². The van der Waals surface area contributed by atoms with Crippen molar-refractivity contribution in [3.63, 3.8) is 0 Å². The van der Waals surface area contributed by atoms with Crippen molar-refractivity contribution in [2.24, 2.45) is 0 Å². The van der Waals surface area contributed by atoms with Crippen LogP contribution in [0.2, 0.25) is 0 Å². The van der Waals surface area contributed by atoms with Gasteiger partial charge >= 0.3 is 0 Å². The third-order valence-electron chi connectivity index (χ3n) is 3.32. The lowest BCUT2D eigenvalue weighted by Gasteiger charge is -2.19. The van der Waals surface area contributed by atoms with E-state index in [0.29, 0.717) is 0 Å². The minimum Gasteiger partial charge on any atom is -0.383 e. The van der Waals surface area contributed by atoms with Gasteiger partial charge in [-0.1, -0.05) is 12.1 Å². The van der Waals surface area contributed by atoms with Gasteiger partial charge in [-0.2, -0.15) is 0 Å². The Bertz CT molecular complexity index is 589. The first-order valence-corrected chi connectivity index (χ1v) is 6.63. The second-order valence-electron chi connectivity index (χ2n) is 5.10. The molecule has 21 heavy (non-hydrogen) atoms. The van der Waals surface area contributed by atoms with Gasteiger partial charge in [0.25, 0.3) is 11.8 Å². The Kier molecular flexibility index (Phi) is 4.12. The lowest BCUT2D eigenvalue weighted by Crippen LogP contribution is -2.32. The maximum Gasteiger partial charge on any atom is 0.263 e. The van der Waals surface area contributed by atoms with Crippen LogP contribution in [0.3, 0.4) is 0 Å². The molecule has 0 saturated heterocycles. The average molecular weight is 285 g/mol. The van der Waals surface area contributed by atoms with E-state index in [0.717, 1.165) is 11.4 Å². The molecule has 0 saturated carbocycles. The fourth-order valence-corrected chi connectivity index (χ4v) is 2.16. The summed E-state index contributed by atoms with van der Waals surface area (Å²) in [6, 6.07) is 7.36. The molecule has 1 aromatic carbocycles. The topological polar surface area (TPSA) is 43.9 Å². The lowest BCUT2D eigenvalue weighted by molar-refractivity contribution is -0.120. The van der Waals surface area contributed by atoms with Crippen LogP contribution in [0.4, 0.5) is 11.4 Å². The summed E-state index contributed by atoms with van der Waals surface area (Å²) >= 11 is 0. The van der Waals surface area contributed by atoms with E-state index in [1.54, 1.807) is 32.4 Å². The molecule has 5 heteroatoms. The fourth-order valence-electron chi connectivity index (χ4n) is 2.16. The molecular weight excluding hydrogens is 266 g/mol. The van der Waals surface area contributed by atoms with Crippen molar-refractivity contribution in [3.8, 4) is 0 Å². The first kappa shape index (κ1) is 14.8. The van der Waals surface area contributed by atoms with Gasteiger partial charge in [0, 0.05) is 28.2 Å². The van der Waals surface area contributed by atoms with Crippen LogP contribution in [-0.2, 0) is 9.59 Å². The third kappa shape index (κ3) is 2.81. The highest BCUT2D eigenvalue weighted by Crippen LogP contribution is 2.32. The smallest absolute Gasteiger partial charge is 0.263 e. The molecule has 2 amide bonds. The summed E-state index contributed by atoms with van der Waals surface area (Å²) in [4.78, 5) is 29.9. The Morgan fingerprint density at radius 2 is 1.43 bits per heavy atom. The zero-order valence-electron chi connectivity index (χ0n) is 12.7. The highest BCUT2D eigenvalue weighted by molar-refractivity contribution is 6.30. The predicted octanol–water partition coefficient (Wildman–Crippen LogP) is 1.63. The number of nitrogens with zero attached hydrogens (tertiary/aromatic N) is 3. The molecule has 1 aromatic rings. The van der Waals surface area contributed by atoms with E-state index in [9.17, 15) is 9.59 Å². The van der Waals surface area contributed by atoms with Crippen LogP contribution in [0.1, 0.15) is 0 Å². The third-order valence-corrected chi connectivity index (χ3v) is 3.32. The molecule has 0 bridgehead atoms. The van der Waals surface area contributed by atoms with E-state index in [1.807, 2.05) is 43.3 Å². The minimum absolute atomic E-state index is 0.148. The average Bonchev–Trinajstić information content (AvgIpc) is 2.53. The molecule has 0 fully saturated rings. The van der Waals surface area contributed by atoms with Gasteiger partial charge in [-0.3, -0.25) is 9.59 Å². The van der Waals surface area contributed by atoms with Gasteiger partial charge in [-0.05, 0) is 30.5 Å². The van der Waals surface area contributed by atoms with Gasteiger partial charge < -0.3 is 14.7 Å². The summed E-state index contributed by atoms with van der Waals surface area (Å²) in [6.07, 6.45) is 5.04. The lowest BCUT2D eigenvalue weighted by atomic mass is 10.2. The van der Waals surface area contributed by atoms with Crippen molar-refractivity contribution in [1.82, 2.24) is 4.90 Å². The summed E-state index contributed by atoms with van der Waals surface area (Å²) in [6.45, 7) is 0. The molecule has 0 aliphatic carbocycles. The van der Waals surface area contributed by atoms with Gasteiger partial charge in [0.1, 0.15) is 5.57 Å². The molecule has 0 radical (unpaired) electrons. The monoisotopic (exact) mass is 285 g/mol. The van der Waals surface area contributed by atoms with Crippen LogP contribution in [-0.4, -0.2) is 44.9 Å². The summed E-state index contributed by atoms with van der Waals surface area (Å²) in [7, 11) is 7.11. The molecular formula is C16H19N3O2. The largest absolute Gasteiger partial charge is 0.383 e. The summed E-state index contributed by atoms with van der Waals surface area (Å²) in [5.41, 5.74) is 1.59. The minimum atomic E-state index is -0.305. The molecule has 1 aliphatic heterocycles. The predicted molar refractivity (Wildman–Crippen MR) is 84.2 cm³/mol. The Labute approximate surface area is 124 Å². The fraction of sp³-hybridized carbons (Fsp3) is 0.250. The van der Waals surface area contributed by atoms with E-state index >= 15 is 0 Å². The molecule has 0 spiro atoms. The summed E-state index contributed by atoms with van der Waals surface area (Å²) < 4.78 is 0. The van der Waals surface area contributed by atoms with Gasteiger partial charge in [0.15, 0.2) is 0 Å². The Balaban J connectivity index is 2.49. The van der Waals surface area contributed by atoms with Crippen LogP contribution >= 0.6 is 0 Å². The van der Waals surface area contributed by atoms with E-state index in [4.69, 9.17) is 0 Å². The molecule has 5 nitrogen and oxygen atoms in total. The zero-order chi connectivity index (χ0) is 15.6. The van der Waals surface area contributed by atoms with Crippen molar-refractivity contribution in [2.45, 2.75) is 0 Å². The molecule has 0 aromatic heterocycles. The molecule has 0 N–H and O–H groups in total. The van der Waals surface area contributed by atoms with Crippen LogP contribution in [0, 0.1) is 0 Å². The number of allylic oxidation sites excluding steroid dienone is 2. The number of hydrogen-bond donors (Lipinski definition) is 0. The normalized spacial score (nSPS) is 15.3. The molecule has 1 heterocycles. The number of para-hydroxylation sites is 2. The zero-order valence-corrected chi connectivity index (χ0v) is 12.7. The SMILES string of the molecule is CN(C)/C=C/C=C1C(=O)N(C)c2ccccc2N(C)C1=O. The van der Waals surface area contributed by atoms with E-state index in [1.165, 1.54) is 9.80 Å². The Morgan fingerprint density at radius 3 is 1.86 bits per heavy atom. The molecule has 0 unspecified atom stereocenters.